The van der Waals surface area contributed by atoms with Crippen LogP contribution in [0.2, 0.25) is 0 Å². The molecule has 21 heavy (non-hydrogen) atoms. The lowest BCUT2D eigenvalue weighted by molar-refractivity contribution is -0.123. The summed E-state index contributed by atoms with van der Waals surface area (Å²) in [6, 6.07) is 6.61. The van der Waals surface area contributed by atoms with Crippen molar-refractivity contribution < 1.29 is 9.18 Å². The fourth-order valence-corrected chi connectivity index (χ4v) is 2.41. The monoisotopic (exact) mass is 294 g/mol. The smallest absolute Gasteiger partial charge is 0.237 e. The molecule has 4 heteroatoms. The van der Waals surface area contributed by atoms with Crippen molar-refractivity contribution in [3.63, 3.8) is 0 Å². The summed E-state index contributed by atoms with van der Waals surface area (Å²) in [6.45, 7) is 8.03. The van der Waals surface area contributed by atoms with Crippen LogP contribution in [-0.4, -0.2) is 24.0 Å². The Morgan fingerprint density at radius 2 is 1.76 bits per heavy atom. The minimum atomic E-state index is -0.236. The average Bonchev–Trinajstić information content (AvgIpc) is 2.41. The standard InChI is InChI=1S/C17H27FN2O/c1-5-6-12(2)20-17(21)14(4)19-13(3)11-15-7-9-16(18)10-8-15/h7-10,12-14,19H,5-6,11H2,1-4H3,(H,20,21). The van der Waals surface area contributed by atoms with Crippen LogP contribution in [0.25, 0.3) is 0 Å². The molecule has 0 radical (unpaired) electrons. The van der Waals surface area contributed by atoms with Crippen molar-refractivity contribution in [2.45, 2.75) is 65.1 Å². The third-order valence-electron chi connectivity index (χ3n) is 3.49. The molecule has 0 aliphatic rings. The molecule has 3 atom stereocenters. The third-order valence-corrected chi connectivity index (χ3v) is 3.49. The Morgan fingerprint density at radius 3 is 2.33 bits per heavy atom. The van der Waals surface area contributed by atoms with Crippen molar-refractivity contribution in [3.8, 4) is 0 Å². The predicted molar refractivity (Wildman–Crippen MR) is 84.7 cm³/mol. The van der Waals surface area contributed by atoms with Crippen LogP contribution in [0.15, 0.2) is 24.3 Å². The Kier molecular flexibility index (Phi) is 7.37. The maximum Gasteiger partial charge on any atom is 0.237 e. The number of amides is 1. The minimum absolute atomic E-state index is 0.0295. The number of halogens is 1. The van der Waals surface area contributed by atoms with E-state index < -0.39 is 0 Å². The van der Waals surface area contributed by atoms with E-state index in [1.165, 1.54) is 12.1 Å². The summed E-state index contributed by atoms with van der Waals surface area (Å²) in [5, 5.41) is 6.29. The second kappa shape index (κ2) is 8.78. The lowest BCUT2D eigenvalue weighted by Crippen LogP contribution is -2.48. The number of nitrogens with one attached hydrogen (secondary N) is 2. The normalized spacial score (nSPS) is 15.3. The molecule has 0 aliphatic heterocycles. The zero-order valence-electron chi connectivity index (χ0n) is 13.4. The second-order valence-corrected chi connectivity index (χ2v) is 5.82. The Morgan fingerprint density at radius 1 is 1.14 bits per heavy atom. The fraction of sp³-hybridized carbons (Fsp3) is 0.588. The third kappa shape index (κ3) is 6.71. The number of rotatable bonds is 8. The highest BCUT2D eigenvalue weighted by atomic mass is 19.1. The summed E-state index contributed by atoms with van der Waals surface area (Å²) in [4.78, 5) is 12.0. The van der Waals surface area contributed by atoms with Gasteiger partial charge < -0.3 is 10.6 Å². The van der Waals surface area contributed by atoms with Gasteiger partial charge in [0.15, 0.2) is 0 Å². The fourth-order valence-electron chi connectivity index (χ4n) is 2.41. The van der Waals surface area contributed by atoms with E-state index in [-0.39, 0.29) is 29.8 Å². The molecule has 1 aromatic carbocycles. The molecule has 2 N–H and O–H groups in total. The molecule has 1 amide bonds. The Bertz CT molecular complexity index is 433. The Labute approximate surface area is 127 Å². The van der Waals surface area contributed by atoms with Crippen molar-refractivity contribution >= 4 is 5.91 Å². The van der Waals surface area contributed by atoms with Gasteiger partial charge in [-0.2, -0.15) is 0 Å². The van der Waals surface area contributed by atoms with E-state index in [0.717, 1.165) is 24.8 Å². The summed E-state index contributed by atoms with van der Waals surface area (Å²) in [5.74, 6) is -0.195. The first kappa shape index (κ1) is 17.6. The molecule has 0 aliphatic carbocycles. The van der Waals surface area contributed by atoms with E-state index in [1.807, 2.05) is 20.8 Å². The van der Waals surface area contributed by atoms with Gasteiger partial charge >= 0.3 is 0 Å². The largest absolute Gasteiger partial charge is 0.352 e. The molecule has 0 saturated carbocycles. The molecule has 118 valence electrons. The molecular weight excluding hydrogens is 267 g/mol. The quantitative estimate of drug-likeness (QED) is 0.774. The summed E-state index contributed by atoms with van der Waals surface area (Å²) < 4.78 is 12.9. The van der Waals surface area contributed by atoms with Crippen LogP contribution in [0, 0.1) is 5.82 Å². The van der Waals surface area contributed by atoms with Crippen LogP contribution in [-0.2, 0) is 11.2 Å². The van der Waals surface area contributed by atoms with Crippen molar-refractivity contribution in [2.24, 2.45) is 0 Å². The number of carbonyl (C=O) groups is 1. The number of hydrogen-bond acceptors (Lipinski definition) is 2. The Balaban J connectivity index is 2.40. The SMILES string of the molecule is CCCC(C)NC(=O)C(C)NC(C)Cc1ccc(F)cc1. The van der Waals surface area contributed by atoms with E-state index >= 15 is 0 Å². The first-order valence-corrected chi connectivity index (χ1v) is 7.73. The average molecular weight is 294 g/mol. The van der Waals surface area contributed by atoms with Gasteiger partial charge in [-0.15, -0.1) is 0 Å². The molecule has 0 heterocycles. The molecule has 0 saturated heterocycles. The van der Waals surface area contributed by atoms with Crippen LogP contribution in [0.4, 0.5) is 4.39 Å². The van der Waals surface area contributed by atoms with E-state index in [1.54, 1.807) is 12.1 Å². The zero-order chi connectivity index (χ0) is 15.8. The van der Waals surface area contributed by atoms with Gasteiger partial charge in [0.25, 0.3) is 0 Å². The maximum absolute atomic E-state index is 12.9. The highest BCUT2D eigenvalue weighted by molar-refractivity contribution is 5.81. The summed E-state index contributed by atoms with van der Waals surface area (Å²) in [7, 11) is 0. The van der Waals surface area contributed by atoms with Crippen LogP contribution in [0.5, 0.6) is 0 Å². The van der Waals surface area contributed by atoms with Crippen molar-refractivity contribution in [2.75, 3.05) is 0 Å². The molecular formula is C17H27FN2O. The highest BCUT2D eigenvalue weighted by Gasteiger charge is 2.17. The van der Waals surface area contributed by atoms with Crippen molar-refractivity contribution in [3.05, 3.63) is 35.6 Å². The van der Waals surface area contributed by atoms with Crippen LogP contribution in [0.3, 0.4) is 0 Å². The van der Waals surface area contributed by atoms with E-state index in [9.17, 15) is 9.18 Å². The topological polar surface area (TPSA) is 41.1 Å². The van der Waals surface area contributed by atoms with Gasteiger partial charge in [0, 0.05) is 12.1 Å². The second-order valence-electron chi connectivity index (χ2n) is 5.82. The van der Waals surface area contributed by atoms with Gasteiger partial charge in [-0.1, -0.05) is 25.5 Å². The molecule has 0 aromatic heterocycles. The van der Waals surface area contributed by atoms with Gasteiger partial charge in [-0.25, -0.2) is 4.39 Å². The van der Waals surface area contributed by atoms with Gasteiger partial charge in [-0.3, -0.25) is 4.79 Å². The number of benzene rings is 1. The first-order chi connectivity index (χ1) is 9.92. The number of hydrogen-bond donors (Lipinski definition) is 2. The molecule has 0 fully saturated rings. The van der Waals surface area contributed by atoms with Crippen LogP contribution < -0.4 is 10.6 Å². The van der Waals surface area contributed by atoms with Gasteiger partial charge in [0.1, 0.15) is 5.82 Å². The van der Waals surface area contributed by atoms with Crippen molar-refractivity contribution in [1.29, 1.82) is 0 Å². The van der Waals surface area contributed by atoms with E-state index in [2.05, 4.69) is 17.6 Å². The zero-order valence-corrected chi connectivity index (χ0v) is 13.4. The Hall–Kier alpha value is -1.42. The minimum Gasteiger partial charge on any atom is -0.352 e. The van der Waals surface area contributed by atoms with Gasteiger partial charge in [-0.05, 0) is 51.3 Å². The van der Waals surface area contributed by atoms with E-state index in [4.69, 9.17) is 0 Å². The lowest BCUT2D eigenvalue weighted by atomic mass is 10.1. The maximum atomic E-state index is 12.9. The number of carbonyl (C=O) groups excluding carboxylic acids is 1. The first-order valence-electron chi connectivity index (χ1n) is 7.73. The molecule has 1 rings (SSSR count). The molecule has 0 spiro atoms. The predicted octanol–water partition coefficient (Wildman–Crippen LogP) is 3.04. The van der Waals surface area contributed by atoms with E-state index in [0.29, 0.717) is 0 Å². The lowest BCUT2D eigenvalue weighted by Gasteiger charge is -2.22. The van der Waals surface area contributed by atoms with Crippen LogP contribution in [0.1, 0.15) is 46.1 Å². The molecule has 3 nitrogen and oxygen atoms in total. The molecule has 0 bridgehead atoms. The summed E-state index contributed by atoms with van der Waals surface area (Å²) in [5.41, 5.74) is 1.06. The molecule has 1 aromatic rings. The highest BCUT2D eigenvalue weighted by Crippen LogP contribution is 2.06. The van der Waals surface area contributed by atoms with Gasteiger partial charge in [0.2, 0.25) is 5.91 Å². The molecule has 3 unspecified atom stereocenters. The summed E-state index contributed by atoms with van der Waals surface area (Å²) >= 11 is 0. The van der Waals surface area contributed by atoms with Gasteiger partial charge in [0.05, 0.1) is 6.04 Å². The van der Waals surface area contributed by atoms with Crippen LogP contribution >= 0.6 is 0 Å². The summed E-state index contributed by atoms with van der Waals surface area (Å²) in [6.07, 6.45) is 2.82. The van der Waals surface area contributed by atoms with Crippen molar-refractivity contribution in [1.82, 2.24) is 10.6 Å².